The van der Waals surface area contributed by atoms with Crippen molar-refractivity contribution in [2.45, 2.75) is 186 Å². The minimum absolute atomic E-state index is 0.00921. The second-order valence-electron chi connectivity index (χ2n) is 16.3. The van der Waals surface area contributed by atoms with Gasteiger partial charge in [0.1, 0.15) is 13.2 Å². The van der Waals surface area contributed by atoms with Crippen LogP contribution in [0.3, 0.4) is 0 Å². The minimum atomic E-state index is -4.41. The average molecular weight is 816 g/mol. The predicted octanol–water partition coefficient (Wildman–Crippen LogP) is 8.60. The van der Waals surface area contributed by atoms with Crippen LogP contribution in [0.5, 0.6) is 0 Å². The van der Waals surface area contributed by atoms with Crippen molar-refractivity contribution in [3.05, 3.63) is 48.6 Å². The lowest BCUT2D eigenvalue weighted by atomic mass is 10.0. The summed E-state index contributed by atoms with van der Waals surface area (Å²) < 4.78 is 23.5. The molecule has 0 heterocycles. The Hall–Kier alpha value is -1.66. The largest absolute Gasteiger partial charge is 0.472 e. The first-order chi connectivity index (χ1) is 26.7. The summed E-state index contributed by atoms with van der Waals surface area (Å²) >= 11 is 0. The fourth-order valence-corrected chi connectivity index (χ4v) is 6.75. The summed E-state index contributed by atoms with van der Waals surface area (Å²) in [6.07, 6.45) is 32.0. The first-order valence-corrected chi connectivity index (χ1v) is 23.3. The number of hydrogen-bond acceptors (Lipinski definition) is 8. The molecule has 0 bridgehead atoms. The van der Waals surface area contributed by atoms with Crippen LogP contribution in [-0.4, -0.2) is 107 Å². The number of nitrogens with one attached hydrogen (secondary N) is 1. The second-order valence-corrected chi connectivity index (χ2v) is 17.7. The summed E-state index contributed by atoms with van der Waals surface area (Å²) in [5.74, 6) is -0.396. The van der Waals surface area contributed by atoms with Gasteiger partial charge in [0.2, 0.25) is 5.91 Å². The van der Waals surface area contributed by atoms with Crippen molar-refractivity contribution in [2.24, 2.45) is 0 Å². The van der Waals surface area contributed by atoms with Crippen LogP contribution in [-0.2, 0) is 18.4 Å². The molecule has 0 aromatic carbocycles. The maximum Gasteiger partial charge on any atom is 0.472 e. The van der Waals surface area contributed by atoms with Gasteiger partial charge in [0.15, 0.2) is 0 Å². The fourth-order valence-electron chi connectivity index (χ4n) is 6.02. The molecule has 0 radical (unpaired) electrons. The van der Waals surface area contributed by atoms with E-state index in [2.05, 4.69) is 19.2 Å². The van der Waals surface area contributed by atoms with Gasteiger partial charge in [-0.3, -0.25) is 13.8 Å². The molecule has 0 aromatic rings. The average Bonchev–Trinajstić information content (AvgIpc) is 3.13. The molecule has 0 saturated heterocycles. The summed E-state index contributed by atoms with van der Waals surface area (Å²) in [7, 11) is 1.39. The van der Waals surface area contributed by atoms with E-state index in [1.165, 1.54) is 70.3 Å². The maximum absolute atomic E-state index is 12.9. The standard InChI is InChI=1S/C44H83N2O9P/c1-6-8-10-11-12-13-14-15-16-17-18-19-23-27-32-41(48)40(38-55-56(52,53)54-37-36-46(3,4)5)45-44(51)35-29-34-43(50)42(49)33-28-24-21-20-22-26-31-39(47)30-25-9-7-2/h20-22,24,26,28,31,33,39-43,47-50H,6-19,23,25,27,29-30,32,34-38H2,1-5H3,(H-,45,51,52,53)/p+1/b22-20-,24-21+,31-26+,33-28+/t39-,40-,41+,42-,43-/m0/s1. The number of quaternary nitrogens is 1. The molecule has 0 rings (SSSR count). The summed E-state index contributed by atoms with van der Waals surface area (Å²) in [4.78, 5) is 23.1. The summed E-state index contributed by atoms with van der Waals surface area (Å²) in [5.41, 5.74) is 0. The molecule has 0 aliphatic rings. The van der Waals surface area contributed by atoms with Crippen LogP contribution in [0.15, 0.2) is 48.6 Å². The highest BCUT2D eigenvalue weighted by atomic mass is 31.2. The Balaban J connectivity index is 4.76. The Bertz CT molecular complexity index is 1110. The zero-order chi connectivity index (χ0) is 41.9. The van der Waals surface area contributed by atoms with Crippen LogP contribution < -0.4 is 5.32 Å². The number of nitrogens with zero attached hydrogens (tertiary/aromatic N) is 1. The van der Waals surface area contributed by atoms with E-state index in [1.807, 2.05) is 27.2 Å². The van der Waals surface area contributed by atoms with Crippen molar-refractivity contribution >= 4 is 13.7 Å². The number of phosphoric ester groups is 1. The Morgan fingerprint density at radius 3 is 1.64 bits per heavy atom. The highest BCUT2D eigenvalue weighted by Crippen LogP contribution is 2.43. The van der Waals surface area contributed by atoms with E-state index in [-0.39, 0.29) is 25.9 Å². The highest BCUT2D eigenvalue weighted by Gasteiger charge is 2.28. The van der Waals surface area contributed by atoms with Crippen LogP contribution in [0.1, 0.15) is 155 Å². The van der Waals surface area contributed by atoms with E-state index in [0.717, 1.165) is 51.4 Å². The Morgan fingerprint density at radius 2 is 1.09 bits per heavy atom. The number of carbonyl (C=O) groups is 1. The zero-order valence-electron chi connectivity index (χ0n) is 35.9. The number of phosphoric acid groups is 1. The number of likely N-dealkylation sites (N-methyl/N-ethyl adjacent to an activating group) is 1. The smallest absolute Gasteiger partial charge is 0.391 e. The topological polar surface area (TPSA) is 166 Å². The molecule has 11 nitrogen and oxygen atoms in total. The quantitative estimate of drug-likeness (QED) is 0.0155. The number of aliphatic hydroxyl groups excluding tert-OH is 4. The molecular formula is C44H84N2O9P+. The van der Waals surface area contributed by atoms with Gasteiger partial charge in [-0.2, -0.15) is 0 Å². The van der Waals surface area contributed by atoms with Crippen molar-refractivity contribution in [2.75, 3.05) is 40.9 Å². The molecule has 6 atom stereocenters. The molecule has 6 N–H and O–H groups in total. The maximum atomic E-state index is 12.9. The molecule has 328 valence electrons. The normalized spacial score (nSPS) is 16.5. The van der Waals surface area contributed by atoms with Crippen molar-refractivity contribution < 1.29 is 48.2 Å². The van der Waals surface area contributed by atoms with Gasteiger partial charge in [0, 0.05) is 6.42 Å². The number of unbranched alkanes of at least 4 members (excludes halogenated alkanes) is 15. The lowest BCUT2D eigenvalue weighted by molar-refractivity contribution is -0.870. The zero-order valence-corrected chi connectivity index (χ0v) is 36.8. The van der Waals surface area contributed by atoms with Gasteiger partial charge in [0.25, 0.3) is 0 Å². The van der Waals surface area contributed by atoms with Crippen molar-refractivity contribution in [3.63, 3.8) is 0 Å². The summed E-state index contributed by atoms with van der Waals surface area (Å²) in [6, 6.07) is -0.919. The molecule has 0 aromatic heterocycles. The SMILES string of the molecule is CCCCCCCCCCCCCCCC[C@@H](O)[C@H](COP(=O)(O)OCC[N+](C)(C)C)NC(=O)CCC[C@H](O)[C@@H](O)/C=C/C=C/C=C\C=C\[C@@H](O)CCCCC. The van der Waals surface area contributed by atoms with Gasteiger partial charge >= 0.3 is 7.82 Å². The lowest BCUT2D eigenvalue weighted by Gasteiger charge is -2.26. The monoisotopic (exact) mass is 816 g/mol. The van der Waals surface area contributed by atoms with Gasteiger partial charge in [-0.25, -0.2) is 4.57 Å². The van der Waals surface area contributed by atoms with Gasteiger partial charge in [-0.15, -0.1) is 0 Å². The van der Waals surface area contributed by atoms with Crippen LogP contribution in [0.25, 0.3) is 0 Å². The summed E-state index contributed by atoms with van der Waals surface area (Å²) in [6.45, 7) is 4.48. The molecule has 1 amide bonds. The van der Waals surface area contributed by atoms with E-state index < -0.39 is 50.8 Å². The van der Waals surface area contributed by atoms with Crippen LogP contribution in [0.4, 0.5) is 0 Å². The van der Waals surface area contributed by atoms with E-state index in [9.17, 15) is 34.7 Å². The Kier molecular flexibility index (Phi) is 34.3. The third-order valence-electron chi connectivity index (χ3n) is 9.70. The first-order valence-electron chi connectivity index (χ1n) is 21.8. The first kappa shape index (κ1) is 54.3. The second kappa shape index (κ2) is 35.3. The van der Waals surface area contributed by atoms with Crippen LogP contribution in [0.2, 0.25) is 0 Å². The van der Waals surface area contributed by atoms with E-state index in [1.54, 1.807) is 36.5 Å². The molecule has 0 spiro atoms. The third kappa shape index (κ3) is 35.5. The number of carbonyl (C=O) groups excluding carboxylic acids is 1. The highest BCUT2D eigenvalue weighted by molar-refractivity contribution is 7.47. The van der Waals surface area contributed by atoms with E-state index >= 15 is 0 Å². The molecule has 0 saturated carbocycles. The Labute approximate surface area is 341 Å². The van der Waals surface area contributed by atoms with Gasteiger partial charge in [-0.05, 0) is 25.7 Å². The van der Waals surface area contributed by atoms with E-state index in [0.29, 0.717) is 17.4 Å². The lowest BCUT2D eigenvalue weighted by Crippen LogP contribution is -2.46. The van der Waals surface area contributed by atoms with Crippen LogP contribution in [0, 0.1) is 0 Å². The minimum Gasteiger partial charge on any atom is -0.391 e. The predicted molar refractivity (Wildman–Crippen MR) is 230 cm³/mol. The molecule has 12 heteroatoms. The van der Waals surface area contributed by atoms with Gasteiger partial charge < -0.3 is 35.1 Å². The number of hydrogen-bond donors (Lipinski definition) is 6. The van der Waals surface area contributed by atoms with Gasteiger partial charge in [-0.1, -0.05) is 172 Å². The van der Waals surface area contributed by atoms with Gasteiger partial charge in [0.05, 0.1) is 58.2 Å². The Morgan fingerprint density at radius 1 is 0.625 bits per heavy atom. The fraction of sp³-hybridized carbons (Fsp3) is 0.795. The van der Waals surface area contributed by atoms with E-state index in [4.69, 9.17) is 9.05 Å². The van der Waals surface area contributed by atoms with Crippen molar-refractivity contribution in [1.29, 1.82) is 0 Å². The number of rotatable bonds is 38. The summed E-state index contributed by atoms with van der Waals surface area (Å²) in [5, 5.41) is 44.4. The molecule has 56 heavy (non-hydrogen) atoms. The molecule has 0 aliphatic carbocycles. The number of aliphatic hydroxyl groups is 4. The molecular weight excluding hydrogens is 731 g/mol. The van der Waals surface area contributed by atoms with Crippen molar-refractivity contribution in [3.8, 4) is 0 Å². The van der Waals surface area contributed by atoms with Crippen LogP contribution >= 0.6 is 7.82 Å². The van der Waals surface area contributed by atoms with Crippen molar-refractivity contribution in [1.82, 2.24) is 5.32 Å². The number of allylic oxidation sites excluding steroid dienone is 6. The molecule has 1 unspecified atom stereocenters. The molecule has 0 fully saturated rings. The third-order valence-corrected chi connectivity index (χ3v) is 10.7. The molecule has 0 aliphatic heterocycles. The number of amides is 1.